The van der Waals surface area contributed by atoms with E-state index in [-0.39, 0.29) is 41.7 Å². The van der Waals surface area contributed by atoms with E-state index in [1.165, 1.54) is 11.1 Å². The number of halogens is 13. The monoisotopic (exact) mass is 1130 g/mol. The predicted octanol–water partition coefficient (Wildman–Crippen LogP) is 18.9. The van der Waals surface area contributed by atoms with Crippen LogP contribution in [0, 0.1) is 11.3 Å². The number of nitriles is 1. The Balaban J connectivity index is 0.000000242. The summed E-state index contributed by atoms with van der Waals surface area (Å²) in [6, 6.07) is 34.6. The van der Waals surface area contributed by atoms with Gasteiger partial charge in [0.15, 0.2) is 5.17 Å². The summed E-state index contributed by atoms with van der Waals surface area (Å²) >= 11 is 5.20. The van der Waals surface area contributed by atoms with E-state index in [0.717, 1.165) is 33.6 Å². The second-order valence-corrected chi connectivity index (χ2v) is 19.6. The molecular formula is C58H55ClF12N6O2. The molecule has 3 N–H and O–H groups in total. The van der Waals surface area contributed by atoms with E-state index in [0.29, 0.717) is 36.1 Å². The van der Waals surface area contributed by atoms with E-state index in [1.54, 1.807) is 12.1 Å². The molecular weight excluding hydrogens is 1080 g/mol. The van der Waals surface area contributed by atoms with E-state index >= 15 is 0 Å². The molecule has 0 fully saturated rings. The average Bonchev–Trinajstić information content (AvgIpc) is 3.96. The predicted molar refractivity (Wildman–Crippen MR) is 280 cm³/mol. The summed E-state index contributed by atoms with van der Waals surface area (Å²) < 4.78 is 160. The van der Waals surface area contributed by atoms with Crippen LogP contribution in [-0.2, 0) is 24.7 Å². The molecule has 2 atom stereocenters. The summed E-state index contributed by atoms with van der Waals surface area (Å²) in [5.74, 6) is 0.757. The highest BCUT2D eigenvalue weighted by Gasteiger charge is 2.39. The van der Waals surface area contributed by atoms with Crippen LogP contribution in [0.3, 0.4) is 0 Å². The van der Waals surface area contributed by atoms with Crippen LogP contribution < -0.4 is 10.6 Å². The van der Waals surface area contributed by atoms with Crippen molar-refractivity contribution in [3.05, 3.63) is 201 Å². The summed E-state index contributed by atoms with van der Waals surface area (Å²) in [6.45, 7) is 17.0. The number of aromatic nitrogens is 2. The van der Waals surface area contributed by atoms with Gasteiger partial charge in [-0.3, -0.25) is 0 Å². The number of oxime groups is 1. The zero-order valence-electron chi connectivity index (χ0n) is 43.7. The van der Waals surface area contributed by atoms with Gasteiger partial charge >= 0.3 is 24.7 Å². The molecule has 1 heterocycles. The molecule has 2 unspecified atom stereocenters. The number of alkyl halides is 12. The number of anilines is 2. The standard InChI is InChI=1S/C29H27F6N3O.C20H24N2.C9H4ClF6NO/c1-16(2)22-11-8-12-23(17(3)4)25(22)36-24(18-9-6-5-7-10-18)27-37-26(38-39-27)19-13-20(28(30,31)32)15-21(14-19)29(33,34)35;1-14(2)17-11-8-12-18(15(3)4)20(17)22-19(13-21)16-9-6-5-7-10-16;10-7(17-18)4-1-5(8(11,12)13)3-6(2-4)9(14,15)16/h5-17,24,36H,1-4H3;5-12,14-15,19,22H,1-4H3;1-3,18H/b;;17-7-. The highest BCUT2D eigenvalue weighted by Crippen LogP contribution is 2.42. The molecule has 0 spiro atoms. The third-order valence-electron chi connectivity index (χ3n) is 12.2. The van der Waals surface area contributed by atoms with Gasteiger partial charge in [-0.1, -0.05) is 174 Å². The van der Waals surface area contributed by atoms with Crippen LogP contribution in [0.2, 0.25) is 0 Å². The Morgan fingerprint density at radius 1 is 0.532 bits per heavy atom. The van der Waals surface area contributed by atoms with Crippen LogP contribution in [0.5, 0.6) is 0 Å². The quantitative estimate of drug-likeness (QED) is 0.0455. The van der Waals surface area contributed by atoms with Crippen LogP contribution in [0.25, 0.3) is 11.4 Å². The van der Waals surface area contributed by atoms with Crippen molar-refractivity contribution >= 4 is 28.1 Å². The molecule has 0 saturated heterocycles. The van der Waals surface area contributed by atoms with Gasteiger partial charge in [0.2, 0.25) is 5.82 Å². The molecule has 0 aliphatic carbocycles. The number of hydrogen-bond acceptors (Lipinski definition) is 8. The van der Waals surface area contributed by atoms with Crippen molar-refractivity contribution in [2.75, 3.05) is 10.6 Å². The van der Waals surface area contributed by atoms with Crippen LogP contribution in [0.15, 0.2) is 143 Å². The van der Waals surface area contributed by atoms with Gasteiger partial charge in [0, 0.05) is 22.5 Å². The molecule has 0 aliphatic rings. The Hall–Kier alpha value is -7.53. The minimum absolute atomic E-state index is 0.00423. The minimum atomic E-state index is -5.00. The average molecular weight is 1130 g/mol. The first-order valence-electron chi connectivity index (χ1n) is 24.4. The number of nitrogens with one attached hydrogen (secondary N) is 2. The van der Waals surface area contributed by atoms with Crippen LogP contribution in [0.4, 0.5) is 64.1 Å². The van der Waals surface area contributed by atoms with Gasteiger partial charge in [-0.15, -0.1) is 0 Å². The molecule has 0 amide bonds. The Labute approximate surface area is 454 Å². The fraction of sp³-hybridized carbons (Fsp3) is 0.310. The maximum Gasteiger partial charge on any atom is 0.416 e. The first-order valence-corrected chi connectivity index (χ1v) is 24.8. The third kappa shape index (κ3) is 16.5. The Bertz CT molecular complexity index is 3080. The van der Waals surface area contributed by atoms with Gasteiger partial charge in [0.05, 0.1) is 28.3 Å². The summed E-state index contributed by atoms with van der Waals surface area (Å²) in [5, 5.41) is 30.1. The lowest BCUT2D eigenvalue weighted by Crippen LogP contribution is -2.16. The summed E-state index contributed by atoms with van der Waals surface area (Å²) in [5.41, 5.74) is 1.19. The second kappa shape index (κ2) is 26.0. The molecule has 7 aromatic rings. The lowest BCUT2D eigenvalue weighted by atomic mass is 9.91. The van der Waals surface area contributed by atoms with Gasteiger partial charge in [-0.05, 0) is 93.5 Å². The zero-order valence-corrected chi connectivity index (χ0v) is 44.5. The summed E-state index contributed by atoms with van der Waals surface area (Å²) in [7, 11) is 0. The maximum atomic E-state index is 13.4. The lowest BCUT2D eigenvalue weighted by Gasteiger charge is -2.25. The normalized spacial score (nSPS) is 13.1. The van der Waals surface area contributed by atoms with Crippen molar-refractivity contribution < 1.29 is 62.4 Å². The topological polar surface area (TPSA) is 119 Å². The third-order valence-corrected chi connectivity index (χ3v) is 12.5. The largest absolute Gasteiger partial charge is 0.416 e. The van der Waals surface area contributed by atoms with Crippen molar-refractivity contribution in [2.24, 2.45) is 5.16 Å². The van der Waals surface area contributed by atoms with Crippen molar-refractivity contribution in [2.45, 2.75) is 116 Å². The number of hydrogen-bond donors (Lipinski definition) is 3. The molecule has 6 aromatic carbocycles. The Kier molecular flexibility index (Phi) is 20.5. The van der Waals surface area contributed by atoms with Crippen LogP contribution in [0.1, 0.15) is 158 Å². The number of benzene rings is 6. The van der Waals surface area contributed by atoms with E-state index in [2.05, 4.69) is 106 Å². The SMILES string of the molecule is CC(C)c1cccc(C(C)C)c1NC(C#N)c1ccccc1.CC(C)c1cccc(C(C)C)c1NC(c1ccccc1)c1nc(-c2cc(C(F)(F)F)cc(C(F)(F)F)c2)no1.O/N=C(\Cl)c1cc(C(F)(F)F)cc(C(F)(F)F)c1. The minimum Gasteiger partial charge on any atom is -0.410 e. The molecule has 7 rings (SSSR count). The van der Waals surface area contributed by atoms with Gasteiger partial charge in [-0.25, -0.2) is 0 Å². The zero-order chi connectivity index (χ0) is 58.8. The van der Waals surface area contributed by atoms with Crippen molar-refractivity contribution in [3.8, 4) is 17.5 Å². The molecule has 0 radical (unpaired) electrons. The number of para-hydroxylation sites is 2. The van der Waals surface area contributed by atoms with Gasteiger partial charge in [0.1, 0.15) is 12.1 Å². The smallest absolute Gasteiger partial charge is 0.410 e. The molecule has 420 valence electrons. The maximum absolute atomic E-state index is 13.4. The second-order valence-electron chi connectivity index (χ2n) is 19.3. The van der Waals surface area contributed by atoms with Crippen molar-refractivity contribution in [1.82, 2.24) is 10.1 Å². The molecule has 79 heavy (non-hydrogen) atoms. The van der Waals surface area contributed by atoms with Gasteiger partial charge in [-0.2, -0.15) is 62.9 Å². The first-order chi connectivity index (χ1) is 36.8. The van der Waals surface area contributed by atoms with Crippen molar-refractivity contribution in [1.29, 1.82) is 5.26 Å². The fourth-order valence-corrected chi connectivity index (χ4v) is 8.29. The van der Waals surface area contributed by atoms with Gasteiger partial charge < -0.3 is 20.4 Å². The molecule has 0 saturated carbocycles. The van der Waals surface area contributed by atoms with Crippen LogP contribution >= 0.6 is 11.6 Å². The molecule has 1 aromatic heterocycles. The van der Waals surface area contributed by atoms with Gasteiger partial charge in [0.25, 0.3) is 5.89 Å². The fourth-order valence-electron chi connectivity index (χ4n) is 8.18. The van der Waals surface area contributed by atoms with E-state index in [9.17, 15) is 57.9 Å². The number of nitrogens with zero attached hydrogens (tertiary/aromatic N) is 4. The highest BCUT2D eigenvalue weighted by molar-refractivity contribution is 6.69. The number of rotatable bonds is 13. The molecule has 8 nitrogen and oxygen atoms in total. The molecule has 21 heteroatoms. The Morgan fingerprint density at radius 2 is 0.899 bits per heavy atom. The Morgan fingerprint density at radius 3 is 1.25 bits per heavy atom. The summed E-state index contributed by atoms with van der Waals surface area (Å²) in [4.78, 5) is 4.27. The van der Waals surface area contributed by atoms with E-state index in [1.807, 2.05) is 66.7 Å². The van der Waals surface area contributed by atoms with E-state index < -0.39 is 69.3 Å². The first kappa shape index (κ1) is 62.3. The molecule has 0 bridgehead atoms. The molecule has 0 aliphatic heterocycles. The van der Waals surface area contributed by atoms with Crippen molar-refractivity contribution in [3.63, 3.8) is 0 Å². The summed E-state index contributed by atoms with van der Waals surface area (Å²) in [6.07, 6.45) is -19.9. The van der Waals surface area contributed by atoms with E-state index in [4.69, 9.17) is 21.3 Å². The lowest BCUT2D eigenvalue weighted by molar-refractivity contribution is -0.144. The van der Waals surface area contributed by atoms with Crippen LogP contribution in [-0.4, -0.2) is 20.5 Å². The highest BCUT2D eigenvalue weighted by atomic mass is 35.5.